The van der Waals surface area contributed by atoms with E-state index in [9.17, 15) is 13.2 Å². The Balaban J connectivity index is 1.74. The van der Waals surface area contributed by atoms with Crippen LogP contribution in [0.15, 0.2) is 35.7 Å². The molecule has 0 unspecified atom stereocenters. The molecule has 0 aliphatic carbocycles. The van der Waals surface area contributed by atoms with Gasteiger partial charge in [0.1, 0.15) is 0 Å². The van der Waals surface area contributed by atoms with Crippen LogP contribution in [-0.4, -0.2) is 31.9 Å². The van der Waals surface area contributed by atoms with Crippen molar-refractivity contribution in [1.29, 1.82) is 0 Å². The van der Waals surface area contributed by atoms with Gasteiger partial charge in [0.25, 0.3) is 0 Å². The summed E-state index contributed by atoms with van der Waals surface area (Å²) in [5.74, 6) is 0.698. The number of rotatable bonds is 5. The van der Waals surface area contributed by atoms with Gasteiger partial charge >= 0.3 is 0 Å². The normalized spacial score (nSPS) is 19.9. The van der Waals surface area contributed by atoms with E-state index in [0.717, 1.165) is 11.0 Å². The zero-order valence-electron chi connectivity index (χ0n) is 10.6. The van der Waals surface area contributed by atoms with Crippen LogP contribution in [0.3, 0.4) is 0 Å². The van der Waals surface area contributed by atoms with Crippen LogP contribution < -0.4 is 5.32 Å². The molecule has 1 atom stereocenters. The molecular weight excluding hydrogens is 318 g/mol. The molecule has 1 heterocycles. The lowest BCUT2D eigenvalue weighted by Gasteiger charge is -2.10. The van der Waals surface area contributed by atoms with Gasteiger partial charge in [-0.2, -0.15) is 0 Å². The number of carbonyl (C=O) groups excluding carboxylic acids is 1. The minimum Gasteiger partial charge on any atom is -0.348 e. The van der Waals surface area contributed by atoms with Gasteiger partial charge in [0.2, 0.25) is 5.91 Å². The van der Waals surface area contributed by atoms with Crippen LogP contribution in [0.1, 0.15) is 5.56 Å². The van der Waals surface area contributed by atoms with Crippen molar-refractivity contribution in [3.63, 3.8) is 0 Å². The highest BCUT2D eigenvalue weighted by molar-refractivity contribution is 7.99. The van der Waals surface area contributed by atoms with Gasteiger partial charge in [-0.1, -0.05) is 29.8 Å². The Morgan fingerprint density at radius 3 is 2.80 bits per heavy atom. The summed E-state index contributed by atoms with van der Waals surface area (Å²) in [4.78, 5) is 11.7. The molecular formula is C13H14ClNO3S2. The van der Waals surface area contributed by atoms with Crippen LogP contribution in [0.4, 0.5) is 0 Å². The second-order valence-electron chi connectivity index (χ2n) is 4.42. The Kier molecular flexibility index (Phi) is 5.12. The van der Waals surface area contributed by atoms with Crippen LogP contribution >= 0.6 is 23.4 Å². The summed E-state index contributed by atoms with van der Waals surface area (Å²) in [5.41, 5.74) is 0.982. The van der Waals surface area contributed by atoms with E-state index < -0.39 is 15.9 Å². The highest BCUT2D eigenvalue weighted by Gasteiger charge is 2.22. The lowest BCUT2D eigenvalue weighted by Crippen LogP contribution is -2.36. The lowest BCUT2D eigenvalue weighted by molar-refractivity contribution is -0.118. The molecule has 1 N–H and O–H groups in total. The van der Waals surface area contributed by atoms with Crippen molar-refractivity contribution < 1.29 is 13.2 Å². The number of benzene rings is 1. The molecule has 0 saturated carbocycles. The summed E-state index contributed by atoms with van der Waals surface area (Å²) in [6.07, 6.45) is 1.51. The molecule has 20 heavy (non-hydrogen) atoms. The maximum absolute atomic E-state index is 11.7. The highest BCUT2D eigenvalue weighted by atomic mass is 35.5. The van der Waals surface area contributed by atoms with Crippen LogP contribution in [0.2, 0.25) is 5.02 Å². The van der Waals surface area contributed by atoms with Crippen molar-refractivity contribution in [2.45, 2.75) is 11.8 Å². The van der Waals surface area contributed by atoms with Gasteiger partial charge in [-0.25, -0.2) is 8.42 Å². The standard InChI is InChI=1S/C13H14ClNO3S2/c14-12-4-2-1-3-10(12)7-19-8-13(16)15-11-5-6-20(17,18)9-11/h1-6,11H,7-9H2,(H,15,16)/t11-/m1/s1. The van der Waals surface area contributed by atoms with Gasteiger partial charge in [-0.15, -0.1) is 11.8 Å². The number of sulfone groups is 1. The molecule has 0 spiro atoms. The average molecular weight is 332 g/mol. The number of thioether (sulfide) groups is 1. The van der Waals surface area contributed by atoms with Gasteiger partial charge < -0.3 is 5.32 Å². The van der Waals surface area contributed by atoms with E-state index in [0.29, 0.717) is 10.8 Å². The Bertz CT molecular complexity index is 628. The van der Waals surface area contributed by atoms with Crippen LogP contribution in [0.5, 0.6) is 0 Å². The fourth-order valence-corrected chi connectivity index (χ4v) is 4.14. The summed E-state index contributed by atoms with van der Waals surface area (Å²) >= 11 is 7.46. The zero-order valence-corrected chi connectivity index (χ0v) is 13.0. The van der Waals surface area contributed by atoms with Gasteiger partial charge in [0.15, 0.2) is 9.84 Å². The molecule has 0 bridgehead atoms. The number of halogens is 1. The monoisotopic (exact) mass is 331 g/mol. The smallest absolute Gasteiger partial charge is 0.230 e. The highest BCUT2D eigenvalue weighted by Crippen LogP contribution is 2.20. The molecule has 2 rings (SSSR count). The first kappa shape index (κ1) is 15.4. The first-order valence-corrected chi connectivity index (χ1v) is 9.22. The van der Waals surface area contributed by atoms with E-state index in [1.165, 1.54) is 17.8 Å². The molecule has 4 nitrogen and oxygen atoms in total. The fourth-order valence-electron chi connectivity index (χ4n) is 1.78. The number of hydrogen-bond acceptors (Lipinski definition) is 4. The molecule has 0 aromatic heterocycles. The molecule has 1 aliphatic rings. The van der Waals surface area contributed by atoms with E-state index in [1.807, 2.05) is 24.3 Å². The fraction of sp³-hybridized carbons (Fsp3) is 0.308. The second kappa shape index (κ2) is 6.65. The number of carbonyl (C=O) groups is 1. The largest absolute Gasteiger partial charge is 0.348 e. The third-order valence-corrected chi connectivity index (χ3v) is 5.47. The van der Waals surface area contributed by atoms with E-state index in [2.05, 4.69) is 5.32 Å². The molecule has 1 aromatic rings. The first-order valence-electron chi connectivity index (χ1n) is 5.98. The van der Waals surface area contributed by atoms with Gasteiger partial charge in [0.05, 0.1) is 17.5 Å². The Morgan fingerprint density at radius 2 is 2.15 bits per heavy atom. The third kappa shape index (κ3) is 4.54. The minimum absolute atomic E-state index is 0.0477. The van der Waals surface area contributed by atoms with E-state index >= 15 is 0 Å². The van der Waals surface area contributed by atoms with Gasteiger partial charge in [-0.05, 0) is 17.7 Å². The minimum atomic E-state index is -3.13. The third-order valence-electron chi connectivity index (χ3n) is 2.73. The van der Waals surface area contributed by atoms with E-state index in [4.69, 9.17) is 11.6 Å². The molecule has 108 valence electrons. The van der Waals surface area contributed by atoms with Gasteiger partial charge in [-0.3, -0.25) is 4.79 Å². The first-order chi connectivity index (χ1) is 9.46. The second-order valence-corrected chi connectivity index (χ2v) is 7.74. The predicted molar refractivity (Wildman–Crippen MR) is 82.5 cm³/mol. The Hall–Kier alpha value is -0.980. The Labute approximate surface area is 127 Å². The van der Waals surface area contributed by atoms with Crippen LogP contribution in [0.25, 0.3) is 0 Å². The summed E-state index contributed by atoms with van der Waals surface area (Å²) in [6, 6.07) is 7.07. The maximum Gasteiger partial charge on any atom is 0.230 e. The summed E-state index contributed by atoms with van der Waals surface area (Å²) in [7, 11) is -3.13. The number of hydrogen-bond donors (Lipinski definition) is 1. The van der Waals surface area contributed by atoms with Crippen LogP contribution in [0, 0.1) is 0 Å². The van der Waals surface area contributed by atoms with E-state index in [-0.39, 0.29) is 17.4 Å². The summed E-state index contributed by atoms with van der Waals surface area (Å²) < 4.78 is 22.4. The van der Waals surface area contributed by atoms with Crippen molar-refractivity contribution in [3.05, 3.63) is 46.3 Å². The van der Waals surface area contributed by atoms with Crippen LogP contribution in [-0.2, 0) is 20.4 Å². The topological polar surface area (TPSA) is 63.2 Å². The summed E-state index contributed by atoms with van der Waals surface area (Å²) in [5, 5.41) is 4.51. The molecule has 1 amide bonds. The summed E-state index contributed by atoms with van der Waals surface area (Å²) in [6.45, 7) is 0. The van der Waals surface area contributed by atoms with Crippen molar-refractivity contribution in [2.75, 3.05) is 11.5 Å². The molecule has 0 saturated heterocycles. The van der Waals surface area contributed by atoms with Crippen molar-refractivity contribution in [2.24, 2.45) is 0 Å². The molecule has 1 aliphatic heterocycles. The van der Waals surface area contributed by atoms with E-state index in [1.54, 1.807) is 0 Å². The number of nitrogens with one attached hydrogen (secondary N) is 1. The van der Waals surface area contributed by atoms with Crippen molar-refractivity contribution >= 4 is 39.1 Å². The average Bonchev–Trinajstić information content (AvgIpc) is 2.71. The van der Waals surface area contributed by atoms with Crippen molar-refractivity contribution in [1.82, 2.24) is 5.32 Å². The number of amides is 1. The molecule has 0 radical (unpaired) electrons. The SMILES string of the molecule is O=C(CSCc1ccccc1Cl)N[C@@H]1C=CS(=O)(=O)C1. The molecule has 7 heteroatoms. The lowest BCUT2D eigenvalue weighted by atomic mass is 10.2. The zero-order chi connectivity index (χ0) is 14.6. The maximum atomic E-state index is 11.7. The Morgan fingerprint density at radius 1 is 1.40 bits per heavy atom. The molecule has 0 fully saturated rings. The van der Waals surface area contributed by atoms with Crippen molar-refractivity contribution in [3.8, 4) is 0 Å². The molecule has 1 aromatic carbocycles. The quantitative estimate of drug-likeness (QED) is 0.896. The predicted octanol–water partition coefficient (Wildman–Crippen LogP) is 2.00. The van der Waals surface area contributed by atoms with Gasteiger partial charge in [0, 0.05) is 16.2 Å².